The Bertz CT molecular complexity index is 762. The lowest BCUT2D eigenvalue weighted by Gasteiger charge is -2.20. The Morgan fingerprint density at radius 1 is 1.00 bits per heavy atom. The number of para-hydroxylation sites is 1. The van der Waals surface area contributed by atoms with Gasteiger partial charge in [0, 0.05) is 12.6 Å². The molecule has 2 amide bonds. The number of benzene rings is 2. The van der Waals surface area contributed by atoms with Gasteiger partial charge in [-0.15, -0.1) is 0 Å². The van der Waals surface area contributed by atoms with Gasteiger partial charge in [0.15, 0.2) is 0 Å². The lowest BCUT2D eigenvalue weighted by molar-refractivity contribution is -0.120. The van der Waals surface area contributed by atoms with Gasteiger partial charge < -0.3 is 15.4 Å². The first-order valence-electron chi connectivity index (χ1n) is 9.30. The first-order chi connectivity index (χ1) is 13.0. The minimum atomic E-state index is -0.396. The maximum Gasteiger partial charge on any atom is 0.226 e. The topological polar surface area (TPSA) is 67.4 Å². The van der Waals surface area contributed by atoms with Crippen LogP contribution in [0.4, 0.5) is 5.69 Å². The summed E-state index contributed by atoms with van der Waals surface area (Å²) in [7, 11) is 1.60. The number of carbonyl (C=O) groups excluding carboxylic acids is 2. The minimum absolute atomic E-state index is 0.125. The van der Waals surface area contributed by atoms with E-state index < -0.39 is 6.04 Å². The highest BCUT2D eigenvalue weighted by Crippen LogP contribution is 2.25. The van der Waals surface area contributed by atoms with E-state index >= 15 is 0 Å². The zero-order valence-corrected chi connectivity index (χ0v) is 16.5. The minimum Gasteiger partial charge on any atom is -0.497 e. The lowest BCUT2D eigenvalue weighted by atomic mass is 10.0. The molecule has 2 N–H and O–H groups in total. The van der Waals surface area contributed by atoms with Gasteiger partial charge in [0.05, 0.1) is 19.6 Å². The third-order valence-corrected chi connectivity index (χ3v) is 4.55. The summed E-state index contributed by atoms with van der Waals surface area (Å²) in [6.45, 7) is 5.60. The van der Waals surface area contributed by atoms with E-state index in [0.29, 0.717) is 0 Å². The number of hydrogen-bond donors (Lipinski definition) is 2. The van der Waals surface area contributed by atoms with Crippen molar-refractivity contribution in [3.05, 3.63) is 59.2 Å². The summed E-state index contributed by atoms with van der Waals surface area (Å²) in [5.41, 5.74) is 3.98. The second kappa shape index (κ2) is 9.76. The van der Waals surface area contributed by atoms with E-state index in [1.54, 1.807) is 7.11 Å². The molecule has 5 heteroatoms. The molecule has 144 valence electrons. The number of nitrogens with one attached hydrogen (secondary N) is 2. The first kappa shape index (κ1) is 20.5. The third kappa shape index (κ3) is 5.58. The monoisotopic (exact) mass is 368 g/mol. The van der Waals surface area contributed by atoms with E-state index in [2.05, 4.69) is 24.5 Å². The summed E-state index contributed by atoms with van der Waals surface area (Å²) in [5.74, 6) is 0.432. The Morgan fingerprint density at radius 2 is 1.59 bits per heavy atom. The number of amides is 2. The van der Waals surface area contributed by atoms with Crippen LogP contribution in [0, 0.1) is 0 Å². The van der Waals surface area contributed by atoms with Crippen molar-refractivity contribution in [3.8, 4) is 5.75 Å². The van der Waals surface area contributed by atoms with Crippen LogP contribution in [0.5, 0.6) is 5.75 Å². The van der Waals surface area contributed by atoms with E-state index in [0.717, 1.165) is 41.0 Å². The predicted octanol–water partition coefficient (Wildman–Crippen LogP) is 4.03. The molecule has 0 heterocycles. The molecule has 1 unspecified atom stereocenters. The second-order valence-electron chi connectivity index (χ2n) is 6.44. The van der Waals surface area contributed by atoms with Crippen LogP contribution in [0.2, 0.25) is 0 Å². The summed E-state index contributed by atoms with van der Waals surface area (Å²) >= 11 is 0. The van der Waals surface area contributed by atoms with Crippen molar-refractivity contribution in [2.45, 2.75) is 46.1 Å². The van der Waals surface area contributed by atoms with Gasteiger partial charge in [-0.3, -0.25) is 9.59 Å². The molecule has 0 aliphatic rings. The molecule has 0 spiro atoms. The highest BCUT2D eigenvalue weighted by Gasteiger charge is 2.19. The SMILES string of the molecule is CCc1cccc(CC)c1NC(=O)CC(NC(C)=O)c1ccc(OC)cc1. The molecule has 0 radical (unpaired) electrons. The summed E-state index contributed by atoms with van der Waals surface area (Å²) in [4.78, 5) is 24.4. The second-order valence-corrected chi connectivity index (χ2v) is 6.44. The van der Waals surface area contributed by atoms with Crippen LogP contribution < -0.4 is 15.4 Å². The van der Waals surface area contributed by atoms with Crippen LogP contribution in [-0.4, -0.2) is 18.9 Å². The first-order valence-corrected chi connectivity index (χ1v) is 9.30. The Labute approximate surface area is 161 Å². The van der Waals surface area contributed by atoms with Gasteiger partial charge in [0.1, 0.15) is 5.75 Å². The molecule has 0 bridgehead atoms. The van der Waals surface area contributed by atoms with E-state index in [4.69, 9.17) is 4.74 Å². The fraction of sp³-hybridized carbons (Fsp3) is 0.364. The van der Waals surface area contributed by atoms with Crippen molar-refractivity contribution in [1.82, 2.24) is 5.32 Å². The quantitative estimate of drug-likeness (QED) is 0.739. The van der Waals surface area contributed by atoms with E-state index in [1.165, 1.54) is 6.92 Å². The number of methoxy groups -OCH3 is 1. The number of carbonyl (C=O) groups is 2. The number of ether oxygens (including phenoxy) is 1. The van der Waals surface area contributed by atoms with Crippen LogP contribution in [0.25, 0.3) is 0 Å². The Kier molecular flexibility index (Phi) is 7.41. The molecule has 2 aromatic carbocycles. The van der Waals surface area contributed by atoms with Crippen LogP contribution >= 0.6 is 0 Å². The molecular formula is C22H28N2O3. The van der Waals surface area contributed by atoms with Crippen LogP contribution in [-0.2, 0) is 22.4 Å². The van der Waals surface area contributed by atoms with Crippen molar-refractivity contribution >= 4 is 17.5 Å². The van der Waals surface area contributed by atoms with Crippen molar-refractivity contribution in [1.29, 1.82) is 0 Å². The van der Waals surface area contributed by atoms with Crippen LogP contribution in [0.1, 0.15) is 49.9 Å². The largest absolute Gasteiger partial charge is 0.497 e. The maximum absolute atomic E-state index is 12.7. The van der Waals surface area contributed by atoms with E-state index in [-0.39, 0.29) is 18.2 Å². The average molecular weight is 368 g/mol. The zero-order valence-electron chi connectivity index (χ0n) is 16.5. The number of aryl methyl sites for hydroxylation is 2. The van der Waals surface area contributed by atoms with Crippen LogP contribution in [0.15, 0.2) is 42.5 Å². The summed E-state index contributed by atoms with van der Waals surface area (Å²) < 4.78 is 5.17. The van der Waals surface area contributed by atoms with Gasteiger partial charge in [0.2, 0.25) is 11.8 Å². The molecule has 0 aliphatic heterocycles. The predicted molar refractivity (Wildman–Crippen MR) is 108 cm³/mol. The fourth-order valence-electron chi connectivity index (χ4n) is 3.11. The van der Waals surface area contributed by atoms with E-state index in [9.17, 15) is 9.59 Å². The molecular weight excluding hydrogens is 340 g/mol. The van der Waals surface area contributed by atoms with Gasteiger partial charge in [-0.25, -0.2) is 0 Å². The van der Waals surface area contributed by atoms with Crippen LogP contribution in [0.3, 0.4) is 0 Å². The van der Waals surface area contributed by atoms with Crippen molar-refractivity contribution in [2.24, 2.45) is 0 Å². The smallest absolute Gasteiger partial charge is 0.226 e. The van der Waals surface area contributed by atoms with Crippen molar-refractivity contribution in [2.75, 3.05) is 12.4 Å². The molecule has 0 saturated heterocycles. The molecule has 27 heavy (non-hydrogen) atoms. The average Bonchev–Trinajstić information content (AvgIpc) is 2.67. The summed E-state index contributed by atoms with van der Waals surface area (Å²) in [6, 6.07) is 13.1. The van der Waals surface area contributed by atoms with Gasteiger partial charge in [-0.2, -0.15) is 0 Å². The molecule has 2 aromatic rings. The Balaban J connectivity index is 2.20. The van der Waals surface area contributed by atoms with Gasteiger partial charge in [-0.1, -0.05) is 44.2 Å². The Morgan fingerprint density at radius 3 is 2.07 bits per heavy atom. The molecule has 2 rings (SSSR count). The van der Waals surface area contributed by atoms with Crippen molar-refractivity contribution in [3.63, 3.8) is 0 Å². The normalized spacial score (nSPS) is 11.6. The maximum atomic E-state index is 12.7. The number of rotatable bonds is 8. The number of anilines is 1. The summed E-state index contributed by atoms with van der Waals surface area (Å²) in [5, 5.41) is 5.93. The van der Waals surface area contributed by atoms with Gasteiger partial charge >= 0.3 is 0 Å². The van der Waals surface area contributed by atoms with Gasteiger partial charge in [0.25, 0.3) is 0 Å². The molecule has 0 aliphatic carbocycles. The van der Waals surface area contributed by atoms with Gasteiger partial charge in [-0.05, 0) is 41.7 Å². The lowest BCUT2D eigenvalue weighted by Crippen LogP contribution is -2.30. The number of hydrogen-bond acceptors (Lipinski definition) is 3. The molecule has 1 atom stereocenters. The third-order valence-electron chi connectivity index (χ3n) is 4.55. The highest BCUT2D eigenvalue weighted by atomic mass is 16.5. The van der Waals surface area contributed by atoms with Crippen molar-refractivity contribution < 1.29 is 14.3 Å². The molecule has 0 fully saturated rings. The zero-order chi connectivity index (χ0) is 19.8. The standard InChI is InChI=1S/C22H28N2O3/c1-5-16-8-7-9-17(6-2)22(16)24-21(26)14-20(23-15(3)25)18-10-12-19(27-4)13-11-18/h7-13,20H,5-6,14H2,1-4H3,(H,23,25)(H,24,26). The molecule has 0 saturated carbocycles. The summed E-state index contributed by atoms with van der Waals surface area (Å²) in [6.07, 6.45) is 1.85. The Hall–Kier alpha value is -2.82. The molecule has 5 nitrogen and oxygen atoms in total. The fourth-order valence-corrected chi connectivity index (χ4v) is 3.11. The highest BCUT2D eigenvalue weighted by molar-refractivity contribution is 5.93. The molecule has 0 aromatic heterocycles. The van der Waals surface area contributed by atoms with E-state index in [1.807, 2.05) is 42.5 Å².